The summed E-state index contributed by atoms with van der Waals surface area (Å²) in [6, 6.07) is 13.0. The van der Waals surface area contributed by atoms with E-state index in [-0.39, 0.29) is 11.7 Å². The van der Waals surface area contributed by atoms with Crippen LogP contribution in [0.3, 0.4) is 0 Å². The molecule has 0 unspecified atom stereocenters. The van der Waals surface area contributed by atoms with Crippen LogP contribution < -0.4 is 9.64 Å². The molecule has 0 N–H and O–H groups in total. The van der Waals surface area contributed by atoms with Gasteiger partial charge < -0.3 is 9.64 Å². The Bertz CT molecular complexity index is 734. The monoisotopic (exact) mass is 346 g/mol. The Morgan fingerprint density at radius 3 is 2.67 bits per heavy atom. The molecule has 0 radical (unpaired) electrons. The highest BCUT2D eigenvalue weighted by molar-refractivity contribution is 6.33. The second-order valence-electron chi connectivity index (χ2n) is 5.75. The molecule has 0 aromatic heterocycles. The summed E-state index contributed by atoms with van der Waals surface area (Å²) < 4.78 is 5.49. The van der Waals surface area contributed by atoms with Crippen LogP contribution in [0.5, 0.6) is 5.75 Å². The van der Waals surface area contributed by atoms with Crippen LogP contribution in [0, 0.1) is 10.1 Å². The van der Waals surface area contributed by atoms with Gasteiger partial charge >= 0.3 is 0 Å². The van der Waals surface area contributed by atoms with Crippen molar-refractivity contribution in [2.75, 3.05) is 18.1 Å². The fourth-order valence-corrected chi connectivity index (χ4v) is 3.48. The molecule has 2 aromatic rings. The maximum absolute atomic E-state index is 10.9. The largest absolute Gasteiger partial charge is 0.494 e. The first kappa shape index (κ1) is 16.6. The Labute approximate surface area is 146 Å². The minimum Gasteiger partial charge on any atom is -0.494 e. The number of benzene rings is 2. The lowest BCUT2D eigenvalue weighted by Gasteiger charge is -2.28. The van der Waals surface area contributed by atoms with Gasteiger partial charge in [0.05, 0.1) is 28.3 Å². The summed E-state index contributed by atoms with van der Waals surface area (Å²) in [6.07, 6.45) is 2.09. The van der Waals surface area contributed by atoms with Crippen molar-refractivity contribution in [2.24, 2.45) is 0 Å². The molecule has 1 heterocycles. The highest BCUT2D eigenvalue weighted by atomic mass is 35.5. The Kier molecular flexibility index (Phi) is 4.90. The Hall–Kier alpha value is -2.27. The van der Waals surface area contributed by atoms with Gasteiger partial charge in [-0.05, 0) is 43.5 Å². The lowest BCUT2D eigenvalue weighted by atomic mass is 10.0. The predicted octanol–water partition coefficient (Wildman–Crippen LogP) is 4.99. The molecule has 1 aliphatic rings. The van der Waals surface area contributed by atoms with Gasteiger partial charge in [-0.3, -0.25) is 10.1 Å². The van der Waals surface area contributed by atoms with Crippen molar-refractivity contribution in [3.8, 4) is 5.75 Å². The minimum absolute atomic E-state index is 0.0144. The van der Waals surface area contributed by atoms with Crippen molar-refractivity contribution in [1.82, 2.24) is 0 Å². The number of nitrogens with zero attached hydrogens (tertiary/aromatic N) is 2. The number of ether oxygens (including phenoxy) is 1. The molecule has 0 saturated carbocycles. The summed E-state index contributed by atoms with van der Waals surface area (Å²) in [4.78, 5) is 12.7. The van der Waals surface area contributed by atoms with Gasteiger partial charge in [-0.1, -0.05) is 23.7 Å². The van der Waals surface area contributed by atoms with Crippen molar-refractivity contribution < 1.29 is 9.66 Å². The first-order valence-electron chi connectivity index (χ1n) is 8.03. The standard InChI is InChI=1S/C18H19ClN2O3/c1-2-24-15-8-5-13(6-9-15)17-4-3-11-20(17)18-10-7-14(21(22)23)12-16(18)19/h5-10,12,17H,2-4,11H2,1H3/t17-/m1/s1. The van der Waals surface area contributed by atoms with E-state index in [0.29, 0.717) is 11.6 Å². The molecular formula is C18H19ClN2O3. The van der Waals surface area contributed by atoms with Gasteiger partial charge in [-0.15, -0.1) is 0 Å². The zero-order valence-electron chi connectivity index (χ0n) is 13.4. The quantitative estimate of drug-likeness (QED) is 0.565. The second kappa shape index (κ2) is 7.09. The van der Waals surface area contributed by atoms with Crippen molar-refractivity contribution in [2.45, 2.75) is 25.8 Å². The van der Waals surface area contributed by atoms with Crippen LogP contribution in [0.25, 0.3) is 0 Å². The molecule has 1 saturated heterocycles. The minimum atomic E-state index is -0.427. The maximum Gasteiger partial charge on any atom is 0.271 e. The molecule has 1 aliphatic heterocycles. The third kappa shape index (κ3) is 3.31. The van der Waals surface area contributed by atoms with E-state index in [1.54, 1.807) is 6.07 Å². The third-order valence-electron chi connectivity index (χ3n) is 4.28. The van der Waals surface area contributed by atoms with Crippen LogP contribution >= 0.6 is 11.6 Å². The van der Waals surface area contributed by atoms with E-state index in [4.69, 9.17) is 16.3 Å². The summed E-state index contributed by atoms with van der Waals surface area (Å²) in [5, 5.41) is 11.3. The van der Waals surface area contributed by atoms with Gasteiger partial charge in [-0.25, -0.2) is 0 Å². The number of nitro benzene ring substituents is 1. The van der Waals surface area contributed by atoms with Crippen molar-refractivity contribution in [3.63, 3.8) is 0 Å². The van der Waals surface area contributed by atoms with Crippen molar-refractivity contribution in [1.29, 1.82) is 0 Å². The topological polar surface area (TPSA) is 55.6 Å². The van der Waals surface area contributed by atoms with Gasteiger partial charge in [0.25, 0.3) is 5.69 Å². The van der Waals surface area contributed by atoms with E-state index in [1.165, 1.54) is 17.7 Å². The smallest absolute Gasteiger partial charge is 0.271 e. The SMILES string of the molecule is CCOc1ccc([C@H]2CCCN2c2ccc([N+](=O)[O-])cc2Cl)cc1. The number of halogens is 1. The first-order chi connectivity index (χ1) is 11.6. The molecule has 0 spiro atoms. The van der Waals surface area contributed by atoms with Crippen LogP contribution in [0.2, 0.25) is 5.02 Å². The molecule has 2 aromatic carbocycles. The zero-order valence-corrected chi connectivity index (χ0v) is 14.2. The molecule has 0 aliphatic carbocycles. The molecule has 0 amide bonds. The summed E-state index contributed by atoms with van der Waals surface area (Å²) in [6.45, 7) is 3.49. The van der Waals surface area contributed by atoms with Gasteiger partial charge in [-0.2, -0.15) is 0 Å². The van der Waals surface area contributed by atoms with Gasteiger partial charge in [0.15, 0.2) is 0 Å². The lowest BCUT2D eigenvalue weighted by molar-refractivity contribution is -0.384. The molecule has 126 valence electrons. The van der Waals surface area contributed by atoms with E-state index in [9.17, 15) is 10.1 Å². The Morgan fingerprint density at radius 2 is 2.04 bits per heavy atom. The van der Waals surface area contributed by atoms with Gasteiger partial charge in [0.1, 0.15) is 5.75 Å². The van der Waals surface area contributed by atoms with Gasteiger partial charge in [0.2, 0.25) is 0 Å². The molecule has 5 nitrogen and oxygen atoms in total. The van der Waals surface area contributed by atoms with Crippen LogP contribution in [0.1, 0.15) is 31.4 Å². The average molecular weight is 347 g/mol. The number of hydrogen-bond acceptors (Lipinski definition) is 4. The first-order valence-corrected chi connectivity index (χ1v) is 8.41. The van der Waals surface area contributed by atoms with Crippen LogP contribution in [0.4, 0.5) is 11.4 Å². The summed E-state index contributed by atoms with van der Waals surface area (Å²) in [7, 11) is 0. The predicted molar refractivity (Wildman–Crippen MR) is 95.0 cm³/mol. The third-order valence-corrected chi connectivity index (χ3v) is 4.58. The zero-order chi connectivity index (χ0) is 17.1. The van der Waals surface area contributed by atoms with Crippen LogP contribution in [0.15, 0.2) is 42.5 Å². The van der Waals surface area contributed by atoms with Gasteiger partial charge in [0, 0.05) is 18.7 Å². The highest BCUT2D eigenvalue weighted by Crippen LogP contribution is 2.40. The number of hydrogen-bond donors (Lipinski definition) is 0. The molecule has 6 heteroatoms. The molecule has 1 atom stereocenters. The maximum atomic E-state index is 10.9. The average Bonchev–Trinajstić information content (AvgIpc) is 3.05. The fourth-order valence-electron chi connectivity index (χ4n) is 3.20. The van der Waals surface area contributed by atoms with E-state index in [2.05, 4.69) is 17.0 Å². The van der Waals surface area contributed by atoms with Crippen LogP contribution in [-0.2, 0) is 0 Å². The van der Waals surface area contributed by atoms with Crippen molar-refractivity contribution >= 4 is 23.0 Å². The number of non-ortho nitro benzene ring substituents is 1. The molecule has 1 fully saturated rings. The number of nitro groups is 1. The number of anilines is 1. The fraction of sp³-hybridized carbons (Fsp3) is 0.333. The van der Waals surface area contributed by atoms with Crippen LogP contribution in [-0.4, -0.2) is 18.1 Å². The normalized spacial score (nSPS) is 17.1. The van der Waals surface area contributed by atoms with E-state index >= 15 is 0 Å². The molecule has 24 heavy (non-hydrogen) atoms. The second-order valence-corrected chi connectivity index (χ2v) is 6.15. The lowest BCUT2D eigenvalue weighted by Crippen LogP contribution is -2.22. The summed E-state index contributed by atoms with van der Waals surface area (Å²) in [5.74, 6) is 0.860. The molecule has 0 bridgehead atoms. The van der Waals surface area contributed by atoms with Crippen molar-refractivity contribution in [3.05, 3.63) is 63.2 Å². The Morgan fingerprint density at radius 1 is 1.29 bits per heavy atom. The Balaban J connectivity index is 1.86. The molecule has 3 rings (SSSR count). The highest BCUT2D eigenvalue weighted by Gasteiger charge is 2.28. The summed E-state index contributed by atoms with van der Waals surface area (Å²) in [5.41, 5.74) is 2.06. The van der Waals surface area contributed by atoms with E-state index in [0.717, 1.165) is 30.8 Å². The number of rotatable bonds is 5. The molecular weight excluding hydrogens is 328 g/mol. The van der Waals surface area contributed by atoms with E-state index in [1.807, 2.05) is 19.1 Å². The summed E-state index contributed by atoms with van der Waals surface area (Å²) >= 11 is 6.31. The van der Waals surface area contributed by atoms with E-state index < -0.39 is 4.92 Å².